The summed E-state index contributed by atoms with van der Waals surface area (Å²) in [7, 11) is 1.59. The molecule has 2 aromatic heterocycles. The lowest BCUT2D eigenvalue weighted by Crippen LogP contribution is -2.22. The molecule has 2 heterocycles. The smallest absolute Gasteiger partial charge is 0.335 e. The summed E-state index contributed by atoms with van der Waals surface area (Å²) in [4.78, 5) is 20.7. The number of hydrogen-bond donors (Lipinski definition) is 3. The maximum Gasteiger partial charge on any atom is 0.335 e. The van der Waals surface area contributed by atoms with E-state index in [1.807, 2.05) is 18.2 Å². The Balaban J connectivity index is 1.66. The van der Waals surface area contributed by atoms with E-state index >= 15 is 0 Å². The van der Waals surface area contributed by atoms with Crippen LogP contribution < -0.4 is 10.1 Å². The topological polar surface area (TPSA) is 113 Å². The lowest BCUT2D eigenvalue weighted by atomic mass is 10.1. The quantitative estimate of drug-likeness (QED) is 0.318. The molecule has 4 rings (SSSR count). The second-order valence-corrected chi connectivity index (χ2v) is 8.04. The molecule has 0 spiro atoms. The minimum absolute atomic E-state index is 0.0566. The summed E-state index contributed by atoms with van der Waals surface area (Å²) in [5.74, 6) is 0.185. The molecule has 33 heavy (non-hydrogen) atoms. The monoisotopic (exact) mass is 465 g/mol. The molecule has 8 nitrogen and oxygen atoms in total. The summed E-state index contributed by atoms with van der Waals surface area (Å²) in [6.45, 7) is 2.71. The number of fused-ring (bicyclic) bond motifs is 1. The van der Waals surface area contributed by atoms with Crippen LogP contribution in [0.4, 0.5) is 0 Å². The molecule has 0 bridgehead atoms. The molecule has 0 saturated heterocycles. The van der Waals surface area contributed by atoms with Crippen LogP contribution in [-0.2, 0) is 6.54 Å². The van der Waals surface area contributed by atoms with Crippen molar-refractivity contribution >= 4 is 28.6 Å². The zero-order chi connectivity index (χ0) is 23.4. The lowest BCUT2D eigenvalue weighted by molar-refractivity contribution is 0.0697. The van der Waals surface area contributed by atoms with Crippen LogP contribution >= 0.6 is 11.6 Å². The summed E-state index contributed by atoms with van der Waals surface area (Å²) in [6.07, 6.45) is 3.47. The van der Waals surface area contributed by atoms with Crippen LogP contribution in [0, 0.1) is 0 Å². The summed E-state index contributed by atoms with van der Waals surface area (Å²) in [5.41, 5.74) is 4.28. The van der Waals surface area contributed by atoms with Crippen molar-refractivity contribution in [2.75, 3.05) is 7.11 Å². The maximum absolute atomic E-state index is 11.2. The molecular weight excluding hydrogens is 442 g/mol. The van der Waals surface area contributed by atoms with Crippen molar-refractivity contribution in [3.05, 3.63) is 70.5 Å². The van der Waals surface area contributed by atoms with Crippen LogP contribution in [0.5, 0.6) is 5.75 Å². The number of nitrogens with one attached hydrogen (secondary N) is 2. The van der Waals surface area contributed by atoms with E-state index in [-0.39, 0.29) is 11.6 Å². The van der Waals surface area contributed by atoms with Crippen molar-refractivity contribution in [3.63, 3.8) is 0 Å². The molecule has 0 aliphatic rings. The van der Waals surface area contributed by atoms with Crippen molar-refractivity contribution in [2.45, 2.75) is 32.4 Å². The van der Waals surface area contributed by atoms with Crippen molar-refractivity contribution in [3.8, 4) is 17.1 Å². The van der Waals surface area contributed by atoms with Crippen molar-refractivity contribution in [1.82, 2.24) is 25.5 Å². The van der Waals surface area contributed by atoms with Gasteiger partial charge in [0.1, 0.15) is 16.8 Å². The Morgan fingerprint density at radius 2 is 2.00 bits per heavy atom. The average Bonchev–Trinajstić information content (AvgIpc) is 3.30. The Hall–Kier alpha value is -3.49. The van der Waals surface area contributed by atoms with Gasteiger partial charge < -0.3 is 15.2 Å². The first kappa shape index (κ1) is 22.7. The van der Waals surface area contributed by atoms with E-state index in [9.17, 15) is 4.79 Å². The fourth-order valence-electron chi connectivity index (χ4n) is 3.69. The molecule has 1 atom stereocenters. The number of aromatic carboxylic acids is 1. The summed E-state index contributed by atoms with van der Waals surface area (Å²) in [5, 5.41) is 20.5. The molecule has 170 valence electrons. The summed E-state index contributed by atoms with van der Waals surface area (Å²) < 4.78 is 5.24. The van der Waals surface area contributed by atoms with Gasteiger partial charge >= 0.3 is 5.97 Å². The first-order valence-electron chi connectivity index (χ1n) is 10.6. The Bertz CT molecular complexity index is 1270. The Morgan fingerprint density at radius 3 is 2.67 bits per heavy atom. The van der Waals surface area contributed by atoms with Crippen LogP contribution in [-0.4, -0.2) is 38.4 Å². The predicted molar refractivity (Wildman–Crippen MR) is 127 cm³/mol. The van der Waals surface area contributed by atoms with E-state index in [2.05, 4.69) is 27.4 Å². The van der Waals surface area contributed by atoms with Gasteiger partial charge in [-0.15, -0.1) is 0 Å². The minimum Gasteiger partial charge on any atom is -0.495 e. The lowest BCUT2D eigenvalue weighted by Gasteiger charge is -2.19. The minimum atomic E-state index is -0.973. The molecule has 0 amide bonds. The van der Waals surface area contributed by atoms with E-state index in [1.54, 1.807) is 37.6 Å². The third-order valence-electron chi connectivity index (χ3n) is 5.39. The fraction of sp³-hybridized carbons (Fsp3) is 0.250. The van der Waals surface area contributed by atoms with E-state index in [4.69, 9.17) is 26.4 Å². The predicted octanol–water partition coefficient (Wildman–Crippen LogP) is 5.01. The number of halogens is 1. The van der Waals surface area contributed by atoms with Gasteiger partial charge in [0.15, 0.2) is 5.82 Å². The number of rotatable bonds is 9. The fourth-order valence-corrected chi connectivity index (χ4v) is 3.97. The highest BCUT2D eigenvalue weighted by molar-refractivity contribution is 6.32. The van der Waals surface area contributed by atoms with Gasteiger partial charge in [-0.2, -0.15) is 5.10 Å². The summed E-state index contributed by atoms with van der Waals surface area (Å²) >= 11 is 6.28. The van der Waals surface area contributed by atoms with Crippen molar-refractivity contribution in [2.24, 2.45) is 0 Å². The Labute approximate surface area is 196 Å². The molecule has 3 N–H and O–H groups in total. The number of hydrogen-bond acceptors (Lipinski definition) is 6. The van der Waals surface area contributed by atoms with Gasteiger partial charge in [0.2, 0.25) is 0 Å². The molecular formula is C24H24ClN5O3. The van der Waals surface area contributed by atoms with Gasteiger partial charge in [0, 0.05) is 12.1 Å². The second kappa shape index (κ2) is 9.97. The van der Waals surface area contributed by atoms with Crippen LogP contribution in [0.15, 0.2) is 48.7 Å². The third-order valence-corrected chi connectivity index (χ3v) is 5.69. The van der Waals surface area contributed by atoms with Gasteiger partial charge in [-0.05, 0) is 36.2 Å². The number of nitrogens with zero attached hydrogens (tertiary/aromatic N) is 3. The number of aromatic amines is 1. The number of ether oxygens (including phenoxy) is 1. The van der Waals surface area contributed by atoms with Crippen LogP contribution in [0.1, 0.15) is 47.4 Å². The number of H-pyrrole nitrogens is 1. The number of benzene rings is 2. The molecule has 1 unspecified atom stereocenters. The van der Waals surface area contributed by atoms with Crippen LogP contribution in [0.3, 0.4) is 0 Å². The highest BCUT2D eigenvalue weighted by Crippen LogP contribution is 2.28. The van der Waals surface area contributed by atoms with Crippen LogP contribution in [0.25, 0.3) is 22.4 Å². The Kier molecular flexibility index (Phi) is 6.86. The number of carboxylic acid groups (broad SMARTS) is 1. The van der Waals surface area contributed by atoms with Crippen LogP contribution in [0.2, 0.25) is 5.02 Å². The first-order chi connectivity index (χ1) is 16.0. The average molecular weight is 466 g/mol. The Morgan fingerprint density at radius 1 is 1.21 bits per heavy atom. The van der Waals surface area contributed by atoms with Crippen molar-refractivity contribution < 1.29 is 14.6 Å². The number of carbonyl (C=O) groups is 1. The molecule has 0 radical (unpaired) electrons. The van der Waals surface area contributed by atoms with Gasteiger partial charge in [-0.3, -0.25) is 5.10 Å². The van der Waals surface area contributed by atoms with Gasteiger partial charge in [0.25, 0.3) is 0 Å². The van der Waals surface area contributed by atoms with Crippen molar-refractivity contribution in [1.29, 1.82) is 0 Å². The normalized spacial score (nSPS) is 12.1. The molecule has 0 saturated carbocycles. The number of methoxy groups -OCH3 is 1. The second-order valence-electron chi connectivity index (χ2n) is 7.64. The molecule has 0 aliphatic carbocycles. The van der Waals surface area contributed by atoms with Gasteiger partial charge in [-0.1, -0.05) is 43.1 Å². The SMILES string of the molecule is CCCC(NCc1ccc(OC)c(Cl)c1)c1nc(-c2ccc(C(=O)O)cc2)nc2cn[nH]c12. The zero-order valence-corrected chi connectivity index (χ0v) is 19.1. The summed E-state index contributed by atoms with van der Waals surface area (Å²) in [6, 6.07) is 12.2. The molecule has 9 heteroatoms. The van der Waals surface area contributed by atoms with E-state index in [0.717, 1.165) is 35.2 Å². The standard InChI is InChI=1S/C24H24ClN5O3/c1-3-4-18(26-12-14-5-10-20(33-2)17(25)11-14)21-22-19(13-27-30-22)28-23(29-21)15-6-8-16(9-7-15)24(31)32/h5-11,13,18,26H,3-4,12H2,1-2H3,(H,27,30)(H,31,32). The maximum atomic E-state index is 11.2. The number of carboxylic acids is 1. The van der Waals surface area contributed by atoms with E-state index in [1.165, 1.54) is 0 Å². The first-order valence-corrected chi connectivity index (χ1v) is 11.0. The molecule has 0 aliphatic heterocycles. The molecule has 4 aromatic rings. The third kappa shape index (κ3) is 4.97. The van der Waals surface area contributed by atoms with E-state index < -0.39 is 5.97 Å². The molecule has 0 fully saturated rings. The highest BCUT2D eigenvalue weighted by Gasteiger charge is 2.20. The van der Waals surface area contributed by atoms with E-state index in [0.29, 0.717) is 28.7 Å². The number of aromatic nitrogens is 4. The molecule has 2 aromatic carbocycles. The highest BCUT2D eigenvalue weighted by atomic mass is 35.5. The zero-order valence-electron chi connectivity index (χ0n) is 18.3. The van der Waals surface area contributed by atoms with Gasteiger partial charge in [0.05, 0.1) is 35.6 Å². The van der Waals surface area contributed by atoms with Gasteiger partial charge in [-0.25, -0.2) is 14.8 Å². The largest absolute Gasteiger partial charge is 0.495 e.